The van der Waals surface area contributed by atoms with Crippen LogP contribution in [0, 0.1) is 6.92 Å². The summed E-state index contributed by atoms with van der Waals surface area (Å²) >= 11 is 12.5. The molecule has 3 aromatic rings. The van der Waals surface area contributed by atoms with Gasteiger partial charge in [-0.3, -0.25) is 0 Å². The van der Waals surface area contributed by atoms with E-state index in [0.717, 1.165) is 5.56 Å². The van der Waals surface area contributed by atoms with E-state index < -0.39 is 12.0 Å². The Hall–Kier alpha value is -2.04. The number of nitrogens with zero attached hydrogens (tertiary/aromatic N) is 5. The Morgan fingerprint density at radius 2 is 1.94 bits per heavy atom. The zero-order valence-corrected chi connectivity index (χ0v) is 18.5. The van der Waals surface area contributed by atoms with Crippen molar-refractivity contribution < 1.29 is 14.2 Å². The van der Waals surface area contributed by atoms with Gasteiger partial charge in [0, 0.05) is 11.6 Å². The molecule has 2 aromatic heterocycles. The highest BCUT2D eigenvalue weighted by Crippen LogP contribution is 2.44. The Bertz CT molecular complexity index is 1120. The Morgan fingerprint density at radius 3 is 2.71 bits per heavy atom. The van der Waals surface area contributed by atoms with Gasteiger partial charge >= 0.3 is 0 Å². The van der Waals surface area contributed by atoms with Crippen LogP contribution in [0.2, 0.25) is 10.3 Å². The van der Waals surface area contributed by atoms with Crippen LogP contribution in [-0.2, 0) is 20.8 Å². The molecule has 0 bridgehead atoms. The Kier molecular flexibility index (Phi) is 5.26. The van der Waals surface area contributed by atoms with Crippen molar-refractivity contribution in [3.63, 3.8) is 0 Å². The number of rotatable bonds is 5. The van der Waals surface area contributed by atoms with Crippen LogP contribution in [0.4, 0.5) is 5.82 Å². The van der Waals surface area contributed by atoms with Crippen molar-refractivity contribution in [2.24, 2.45) is 0 Å². The molecule has 4 heterocycles. The van der Waals surface area contributed by atoms with Crippen LogP contribution < -0.4 is 5.32 Å². The lowest BCUT2D eigenvalue weighted by molar-refractivity contribution is -0.197. The highest BCUT2D eigenvalue weighted by Gasteiger charge is 2.56. The maximum Gasteiger partial charge on any atom is 0.226 e. The van der Waals surface area contributed by atoms with Gasteiger partial charge in [0.1, 0.15) is 12.2 Å². The maximum atomic E-state index is 6.25. The summed E-state index contributed by atoms with van der Waals surface area (Å²) in [4.78, 5) is 8.63. The molecule has 2 aliphatic rings. The lowest BCUT2D eigenvalue weighted by atomic mass is 10.1. The van der Waals surface area contributed by atoms with Crippen molar-refractivity contribution in [2.45, 2.75) is 57.1 Å². The molecule has 0 aliphatic carbocycles. The van der Waals surface area contributed by atoms with E-state index in [4.69, 9.17) is 37.4 Å². The molecule has 11 heteroatoms. The molecular formula is C20H21Cl2N6O3. The number of ether oxygens (including phenoxy) is 3. The van der Waals surface area contributed by atoms with Crippen LogP contribution >= 0.6 is 23.2 Å². The van der Waals surface area contributed by atoms with Crippen molar-refractivity contribution in [3.8, 4) is 0 Å². The van der Waals surface area contributed by atoms with E-state index in [1.54, 1.807) is 4.68 Å². The molecule has 1 N–H and O–H groups in total. The van der Waals surface area contributed by atoms with Crippen LogP contribution in [0.25, 0.3) is 11.2 Å². The number of fused-ring (bicyclic) bond motifs is 2. The van der Waals surface area contributed by atoms with Crippen LogP contribution in [-0.4, -0.2) is 49.1 Å². The van der Waals surface area contributed by atoms with E-state index in [-0.39, 0.29) is 23.6 Å². The normalized spacial score (nSPS) is 27.0. The molecule has 1 radical (unpaired) electrons. The standard InChI is InChI=1S/C20H21Cl2N6O3/c1-4-12-14-15(31-20(2,3)30-14)18(29-12)28-17-13(26-27-28)16(24-19(22)25-17)23-9-10-7-5-6-8-11(10)21/h5-8,12,14-15,18H,1,4,9H2,2-3H3,(H,23,24,25)/t12-,14-,15-,18-/m1/s1. The number of hydrogen-bond donors (Lipinski definition) is 1. The molecule has 4 atom stereocenters. The number of anilines is 1. The fourth-order valence-electron chi connectivity index (χ4n) is 4.01. The second-order valence-corrected chi connectivity index (χ2v) is 8.66. The largest absolute Gasteiger partial charge is 0.364 e. The van der Waals surface area contributed by atoms with E-state index in [2.05, 4.69) is 32.5 Å². The third-order valence-corrected chi connectivity index (χ3v) is 5.89. The Balaban J connectivity index is 1.48. The van der Waals surface area contributed by atoms with Gasteiger partial charge in [0.15, 0.2) is 29.0 Å². The summed E-state index contributed by atoms with van der Waals surface area (Å²) in [5.41, 5.74) is 1.81. The fraction of sp³-hybridized carbons (Fsp3) is 0.450. The SMILES string of the molecule is [CH2]C[C@H]1O[C@@H](n2nnc3c(NCc4ccccc4Cl)nc(Cl)nc32)[C@@H]2OC(C)(C)O[C@@H]21. The predicted molar refractivity (Wildman–Crippen MR) is 115 cm³/mol. The Labute approximate surface area is 189 Å². The number of halogens is 2. The first-order chi connectivity index (χ1) is 14.9. The zero-order chi connectivity index (χ0) is 21.8. The van der Waals surface area contributed by atoms with Crippen LogP contribution in [0.3, 0.4) is 0 Å². The molecular weight excluding hydrogens is 443 g/mol. The minimum absolute atomic E-state index is 0.0601. The van der Waals surface area contributed by atoms with E-state index >= 15 is 0 Å². The summed E-state index contributed by atoms with van der Waals surface area (Å²) in [7, 11) is 0. The molecule has 0 unspecified atom stereocenters. The maximum absolute atomic E-state index is 6.25. The van der Waals surface area contributed by atoms with Crippen molar-refractivity contribution in [3.05, 3.63) is 47.1 Å². The van der Waals surface area contributed by atoms with Gasteiger partial charge in [0.25, 0.3) is 0 Å². The molecule has 0 saturated carbocycles. The average Bonchev–Trinajstić information content (AvgIpc) is 3.37. The van der Waals surface area contributed by atoms with Gasteiger partial charge in [-0.05, 0) is 43.5 Å². The first kappa shape index (κ1) is 20.8. The molecule has 2 aliphatic heterocycles. The average molecular weight is 464 g/mol. The van der Waals surface area contributed by atoms with Crippen LogP contribution in [0.1, 0.15) is 32.1 Å². The summed E-state index contributed by atoms with van der Waals surface area (Å²) in [6.45, 7) is 8.15. The molecule has 0 spiro atoms. The quantitative estimate of drug-likeness (QED) is 0.570. The van der Waals surface area contributed by atoms with E-state index in [1.807, 2.05) is 38.1 Å². The smallest absolute Gasteiger partial charge is 0.226 e. The highest BCUT2D eigenvalue weighted by molar-refractivity contribution is 6.31. The van der Waals surface area contributed by atoms with Gasteiger partial charge in [-0.25, -0.2) is 0 Å². The van der Waals surface area contributed by atoms with Gasteiger partial charge in [-0.2, -0.15) is 14.6 Å². The number of hydrogen-bond acceptors (Lipinski definition) is 8. The molecule has 5 rings (SSSR count). The van der Waals surface area contributed by atoms with Crippen molar-refractivity contribution >= 4 is 40.2 Å². The molecule has 2 fully saturated rings. The number of benzene rings is 1. The zero-order valence-electron chi connectivity index (χ0n) is 17.0. The summed E-state index contributed by atoms with van der Waals surface area (Å²) < 4.78 is 19.9. The Morgan fingerprint density at radius 1 is 1.16 bits per heavy atom. The predicted octanol–water partition coefficient (Wildman–Crippen LogP) is 3.78. The highest BCUT2D eigenvalue weighted by atomic mass is 35.5. The van der Waals surface area contributed by atoms with Gasteiger partial charge in [0.05, 0.1) is 6.10 Å². The summed E-state index contributed by atoms with van der Waals surface area (Å²) in [6, 6.07) is 7.55. The lowest BCUT2D eigenvalue weighted by Crippen LogP contribution is -2.29. The fourth-order valence-corrected chi connectivity index (χ4v) is 4.37. The molecule has 2 saturated heterocycles. The molecule has 9 nitrogen and oxygen atoms in total. The van der Waals surface area contributed by atoms with Crippen molar-refractivity contribution in [1.82, 2.24) is 25.0 Å². The summed E-state index contributed by atoms with van der Waals surface area (Å²) in [5, 5.41) is 12.5. The van der Waals surface area contributed by atoms with Crippen molar-refractivity contribution in [2.75, 3.05) is 5.32 Å². The van der Waals surface area contributed by atoms with Crippen LogP contribution in [0.5, 0.6) is 0 Å². The summed E-state index contributed by atoms with van der Waals surface area (Å²) in [6.07, 6.45) is -0.909. The van der Waals surface area contributed by atoms with Gasteiger partial charge in [-0.1, -0.05) is 41.9 Å². The van der Waals surface area contributed by atoms with Gasteiger partial charge in [-0.15, -0.1) is 5.10 Å². The third kappa shape index (κ3) is 3.74. The summed E-state index contributed by atoms with van der Waals surface area (Å²) in [5.74, 6) is -0.275. The lowest BCUT2D eigenvalue weighted by Gasteiger charge is -2.23. The van der Waals surface area contributed by atoms with Crippen molar-refractivity contribution in [1.29, 1.82) is 0 Å². The monoisotopic (exact) mass is 463 g/mol. The first-order valence-electron chi connectivity index (χ1n) is 9.92. The minimum atomic E-state index is -0.727. The molecule has 31 heavy (non-hydrogen) atoms. The van der Waals surface area contributed by atoms with Gasteiger partial charge < -0.3 is 19.5 Å². The number of aromatic nitrogens is 5. The van der Waals surface area contributed by atoms with Gasteiger partial charge in [0.2, 0.25) is 5.28 Å². The van der Waals surface area contributed by atoms with E-state index in [1.165, 1.54) is 0 Å². The third-order valence-electron chi connectivity index (χ3n) is 5.35. The minimum Gasteiger partial charge on any atom is -0.364 e. The second-order valence-electron chi connectivity index (χ2n) is 7.91. The first-order valence-corrected chi connectivity index (χ1v) is 10.7. The van der Waals surface area contributed by atoms with E-state index in [9.17, 15) is 0 Å². The van der Waals surface area contributed by atoms with E-state index in [0.29, 0.717) is 35.0 Å². The second kappa shape index (κ2) is 7.83. The molecule has 1 aromatic carbocycles. The van der Waals surface area contributed by atoms with Crippen LogP contribution in [0.15, 0.2) is 24.3 Å². The topological polar surface area (TPSA) is 96.2 Å². The number of nitrogens with one attached hydrogen (secondary N) is 1. The molecule has 0 amide bonds. The molecule has 163 valence electrons.